The molecule has 0 spiro atoms. The molecule has 2 atom stereocenters. The molecule has 2 unspecified atom stereocenters. The molecule has 0 bridgehead atoms. The molecule has 3 heterocycles. The van der Waals surface area contributed by atoms with E-state index in [2.05, 4.69) is 15.3 Å². The Morgan fingerprint density at radius 3 is 2.72 bits per heavy atom. The molecule has 2 aliphatic rings. The zero-order valence-corrected chi connectivity index (χ0v) is 18.3. The highest BCUT2D eigenvalue weighted by Gasteiger charge is 2.46. The number of nitrogens with zero attached hydrogens (tertiary/aromatic N) is 2. The number of aromatic nitrogens is 2. The Labute approximate surface area is 186 Å². The molecular weight excluding hydrogens is 414 g/mol. The van der Waals surface area contributed by atoms with Crippen LogP contribution < -0.4 is 10.9 Å². The van der Waals surface area contributed by atoms with Gasteiger partial charge in [-0.3, -0.25) is 14.5 Å². The lowest BCUT2D eigenvalue weighted by Gasteiger charge is -2.40. The van der Waals surface area contributed by atoms with Gasteiger partial charge in [0.2, 0.25) is 11.5 Å². The summed E-state index contributed by atoms with van der Waals surface area (Å²) < 4.78 is 29.2. The maximum absolute atomic E-state index is 14.6. The van der Waals surface area contributed by atoms with E-state index in [4.69, 9.17) is 0 Å². The van der Waals surface area contributed by atoms with Crippen molar-refractivity contribution in [3.8, 4) is 0 Å². The number of piperidine rings is 1. The summed E-state index contributed by atoms with van der Waals surface area (Å²) in [6, 6.07) is 5.91. The number of aromatic amines is 1. The minimum atomic E-state index is -2.90. The zero-order valence-electron chi connectivity index (χ0n) is 18.3. The molecule has 1 aliphatic heterocycles. The van der Waals surface area contributed by atoms with Crippen LogP contribution in [-0.2, 0) is 11.2 Å². The van der Waals surface area contributed by atoms with Crippen LogP contribution in [-0.4, -0.2) is 45.8 Å². The highest BCUT2D eigenvalue weighted by molar-refractivity contribution is 5.93. The van der Waals surface area contributed by atoms with Crippen LogP contribution in [0.25, 0.3) is 0 Å². The van der Waals surface area contributed by atoms with Gasteiger partial charge in [-0.2, -0.15) is 0 Å². The number of anilines is 1. The molecule has 2 fully saturated rings. The van der Waals surface area contributed by atoms with E-state index < -0.39 is 17.9 Å². The van der Waals surface area contributed by atoms with Crippen LogP contribution in [0.1, 0.15) is 56.1 Å². The van der Waals surface area contributed by atoms with Crippen molar-refractivity contribution in [1.29, 1.82) is 0 Å². The van der Waals surface area contributed by atoms with E-state index in [0.717, 1.165) is 12.3 Å². The van der Waals surface area contributed by atoms with Gasteiger partial charge in [-0.1, -0.05) is 37.8 Å². The molecule has 6 nitrogen and oxygen atoms in total. The van der Waals surface area contributed by atoms with E-state index in [-0.39, 0.29) is 31.0 Å². The maximum atomic E-state index is 14.6. The number of likely N-dealkylation sites (tertiary alicyclic amines) is 1. The Morgan fingerprint density at radius 2 is 2.06 bits per heavy atom. The molecule has 0 radical (unpaired) electrons. The highest BCUT2D eigenvalue weighted by Crippen LogP contribution is 2.40. The van der Waals surface area contributed by atoms with Gasteiger partial charge < -0.3 is 10.3 Å². The summed E-state index contributed by atoms with van der Waals surface area (Å²) in [6.45, 7) is 1.87. The molecule has 2 aromatic heterocycles. The zero-order chi connectivity index (χ0) is 22.7. The Kier molecular flexibility index (Phi) is 6.69. The summed E-state index contributed by atoms with van der Waals surface area (Å²) >= 11 is 0. The van der Waals surface area contributed by atoms with E-state index in [1.165, 1.54) is 49.6 Å². The first-order valence-electron chi connectivity index (χ1n) is 11.4. The second-order valence-corrected chi connectivity index (χ2v) is 9.12. The molecular formula is C24H30F2N4O2. The van der Waals surface area contributed by atoms with Crippen molar-refractivity contribution < 1.29 is 13.6 Å². The third kappa shape index (κ3) is 5.23. The molecule has 1 saturated carbocycles. The van der Waals surface area contributed by atoms with E-state index >= 15 is 0 Å². The fourth-order valence-corrected chi connectivity index (χ4v) is 4.83. The minimum Gasteiger partial charge on any atom is -0.329 e. The average Bonchev–Trinajstić information content (AvgIpc) is 3.28. The number of carbonyl (C=O) groups excluding carboxylic acids is 1. The summed E-state index contributed by atoms with van der Waals surface area (Å²) in [7, 11) is 0. The number of H-pyrrole nitrogens is 1. The van der Waals surface area contributed by atoms with Crippen molar-refractivity contribution in [2.75, 3.05) is 18.4 Å². The first-order chi connectivity index (χ1) is 15.3. The van der Waals surface area contributed by atoms with Gasteiger partial charge in [0.05, 0.1) is 12.0 Å². The van der Waals surface area contributed by atoms with E-state index in [0.29, 0.717) is 11.4 Å². The second kappa shape index (κ2) is 9.48. The van der Waals surface area contributed by atoms with Crippen molar-refractivity contribution >= 4 is 11.7 Å². The van der Waals surface area contributed by atoms with E-state index in [9.17, 15) is 18.4 Å². The van der Waals surface area contributed by atoms with Crippen LogP contribution in [0.5, 0.6) is 0 Å². The largest absolute Gasteiger partial charge is 0.329 e. The van der Waals surface area contributed by atoms with Crippen molar-refractivity contribution in [2.45, 2.75) is 63.3 Å². The lowest BCUT2D eigenvalue weighted by molar-refractivity contribution is -0.125. The fraction of sp³-hybridized carbons (Fsp3) is 0.542. The quantitative estimate of drug-likeness (QED) is 0.707. The number of amides is 1. The molecule has 172 valence electrons. The number of pyridine rings is 2. The summed E-state index contributed by atoms with van der Waals surface area (Å²) in [5.74, 6) is -3.06. The van der Waals surface area contributed by atoms with Gasteiger partial charge in [0.25, 0.3) is 5.92 Å². The Hall–Kier alpha value is -2.61. The molecule has 1 aliphatic carbocycles. The fourth-order valence-electron chi connectivity index (χ4n) is 4.83. The molecule has 2 N–H and O–H groups in total. The second-order valence-electron chi connectivity index (χ2n) is 9.12. The Bertz CT molecular complexity index is 966. The van der Waals surface area contributed by atoms with Gasteiger partial charge in [0.1, 0.15) is 5.82 Å². The number of nitrogens with one attached hydrogen (secondary N) is 2. The average molecular weight is 445 g/mol. The summed E-state index contributed by atoms with van der Waals surface area (Å²) in [4.78, 5) is 32.7. The van der Waals surface area contributed by atoms with Gasteiger partial charge in [-0.05, 0) is 36.5 Å². The van der Waals surface area contributed by atoms with Gasteiger partial charge in [0.15, 0.2) is 0 Å². The molecule has 4 rings (SSSR count). The van der Waals surface area contributed by atoms with Gasteiger partial charge in [-0.15, -0.1) is 0 Å². The van der Waals surface area contributed by atoms with Crippen molar-refractivity contribution in [3.63, 3.8) is 0 Å². The first-order valence-corrected chi connectivity index (χ1v) is 11.4. The predicted octanol–water partition coefficient (Wildman–Crippen LogP) is 3.95. The third-order valence-electron chi connectivity index (χ3n) is 6.87. The van der Waals surface area contributed by atoms with Crippen molar-refractivity contribution in [3.05, 3.63) is 58.1 Å². The Balaban J connectivity index is 1.37. The van der Waals surface area contributed by atoms with Gasteiger partial charge in [-0.25, -0.2) is 13.8 Å². The number of alkyl halides is 2. The maximum Gasteiger partial charge on any atom is 0.257 e. The lowest BCUT2D eigenvalue weighted by atomic mass is 9.87. The van der Waals surface area contributed by atoms with Crippen LogP contribution in [0.2, 0.25) is 0 Å². The molecule has 2 aromatic rings. The van der Waals surface area contributed by atoms with Crippen LogP contribution in [0.3, 0.4) is 0 Å². The highest BCUT2D eigenvalue weighted by atomic mass is 19.3. The topological polar surface area (TPSA) is 78.1 Å². The molecule has 8 heteroatoms. The van der Waals surface area contributed by atoms with E-state index in [1.807, 2.05) is 18.3 Å². The normalized spacial score (nSPS) is 22.5. The van der Waals surface area contributed by atoms with Crippen LogP contribution in [0, 0.1) is 5.92 Å². The monoisotopic (exact) mass is 444 g/mol. The van der Waals surface area contributed by atoms with Gasteiger partial charge >= 0.3 is 0 Å². The number of carbonyl (C=O) groups is 1. The number of halogens is 2. The van der Waals surface area contributed by atoms with Crippen molar-refractivity contribution in [2.24, 2.45) is 5.92 Å². The summed E-state index contributed by atoms with van der Waals surface area (Å²) in [6.07, 6.45) is 8.97. The molecule has 1 saturated heterocycles. The lowest BCUT2D eigenvalue weighted by Crippen LogP contribution is -2.52. The molecule has 1 amide bonds. The SMILES string of the molecule is CC(C(=O)Nc1ccc(CC2CCCC2)cn1)N1CCC(F)(F)C(c2ccc(=O)[nH]c2)C1. The van der Waals surface area contributed by atoms with Crippen molar-refractivity contribution in [1.82, 2.24) is 14.9 Å². The van der Waals surface area contributed by atoms with Crippen LogP contribution in [0.4, 0.5) is 14.6 Å². The Morgan fingerprint density at radius 1 is 1.28 bits per heavy atom. The smallest absolute Gasteiger partial charge is 0.257 e. The molecule has 32 heavy (non-hydrogen) atoms. The minimum absolute atomic E-state index is 0.0292. The predicted molar refractivity (Wildman–Crippen MR) is 119 cm³/mol. The number of rotatable bonds is 6. The first kappa shape index (κ1) is 22.6. The molecule has 0 aromatic carbocycles. The number of hydrogen-bond acceptors (Lipinski definition) is 4. The number of hydrogen-bond donors (Lipinski definition) is 2. The standard InChI is InChI=1S/C24H30F2N4O2/c1-16(23(32)29-21-8-6-18(13-27-21)12-17-4-2-3-5-17)30-11-10-24(25,26)20(15-30)19-7-9-22(31)28-14-19/h6-9,13-14,16-17,20H,2-5,10-12,15H2,1H3,(H,28,31)(H,27,29,32). The van der Waals surface area contributed by atoms with Crippen LogP contribution in [0.15, 0.2) is 41.5 Å². The third-order valence-corrected chi connectivity index (χ3v) is 6.87. The van der Waals surface area contributed by atoms with E-state index in [1.54, 1.807) is 11.8 Å². The van der Waals surface area contributed by atoms with Crippen LogP contribution >= 0.6 is 0 Å². The summed E-state index contributed by atoms with van der Waals surface area (Å²) in [5, 5.41) is 2.82. The summed E-state index contributed by atoms with van der Waals surface area (Å²) in [5.41, 5.74) is 1.20. The van der Waals surface area contributed by atoms with Gasteiger partial charge in [0, 0.05) is 38.0 Å².